The van der Waals surface area contributed by atoms with Crippen molar-refractivity contribution >= 4 is 11.7 Å². The molecule has 0 atom stereocenters. The van der Waals surface area contributed by atoms with Crippen molar-refractivity contribution in [2.45, 2.75) is 33.2 Å². The lowest BCUT2D eigenvalue weighted by Crippen LogP contribution is -2.23. The number of nitrogens with zero attached hydrogens (tertiary/aromatic N) is 2. The van der Waals surface area contributed by atoms with Crippen molar-refractivity contribution in [1.82, 2.24) is 20.5 Å². The number of H-pyrrole nitrogens is 1. The summed E-state index contributed by atoms with van der Waals surface area (Å²) in [6.45, 7) is 5.34. The van der Waals surface area contributed by atoms with Gasteiger partial charge in [0, 0.05) is 36.1 Å². The molecule has 0 saturated heterocycles. The lowest BCUT2D eigenvalue weighted by molar-refractivity contribution is 0.0950. The molecule has 6 nitrogen and oxygen atoms in total. The summed E-state index contributed by atoms with van der Waals surface area (Å²) in [6.07, 6.45) is 5.32. The first kappa shape index (κ1) is 15.0. The molecule has 0 aliphatic heterocycles. The maximum Gasteiger partial charge on any atom is 0.251 e. The van der Waals surface area contributed by atoms with E-state index in [1.807, 2.05) is 13.0 Å². The second kappa shape index (κ2) is 7.42. The molecule has 0 unspecified atom stereocenters. The maximum absolute atomic E-state index is 12.3. The summed E-state index contributed by atoms with van der Waals surface area (Å²) in [5, 5.41) is 12.6. The summed E-state index contributed by atoms with van der Waals surface area (Å²) in [6, 6.07) is 3.64. The van der Waals surface area contributed by atoms with Gasteiger partial charge in [0.1, 0.15) is 5.82 Å². The molecule has 0 radical (unpaired) electrons. The van der Waals surface area contributed by atoms with Gasteiger partial charge in [-0.1, -0.05) is 13.3 Å². The molecule has 3 N–H and O–H groups in total. The summed E-state index contributed by atoms with van der Waals surface area (Å²) in [7, 11) is 0. The number of carbonyl (C=O) groups is 1. The Morgan fingerprint density at radius 2 is 2.19 bits per heavy atom. The zero-order chi connectivity index (χ0) is 15.1. The van der Waals surface area contributed by atoms with Crippen LogP contribution >= 0.6 is 0 Å². The van der Waals surface area contributed by atoms with E-state index in [1.54, 1.807) is 18.5 Å². The number of hydrogen-bond donors (Lipinski definition) is 3. The number of nitrogens with one attached hydrogen (secondary N) is 3. The first-order chi connectivity index (χ1) is 10.2. The lowest BCUT2D eigenvalue weighted by atomic mass is 10.1. The average molecular weight is 287 g/mol. The van der Waals surface area contributed by atoms with Gasteiger partial charge in [-0.3, -0.25) is 9.89 Å². The van der Waals surface area contributed by atoms with Crippen LogP contribution in [-0.2, 0) is 13.0 Å². The number of aromatic nitrogens is 3. The largest absolute Gasteiger partial charge is 0.370 e. The topological polar surface area (TPSA) is 82.7 Å². The molecule has 0 spiro atoms. The molecule has 21 heavy (non-hydrogen) atoms. The highest BCUT2D eigenvalue weighted by Gasteiger charge is 2.10. The Balaban J connectivity index is 2.10. The summed E-state index contributed by atoms with van der Waals surface area (Å²) in [5.41, 5.74) is 2.51. The highest BCUT2D eigenvalue weighted by atomic mass is 16.1. The number of rotatable bonds is 7. The number of amides is 1. The second-order valence-electron chi connectivity index (χ2n) is 4.80. The van der Waals surface area contributed by atoms with Crippen LogP contribution in [0.25, 0.3) is 0 Å². The smallest absolute Gasteiger partial charge is 0.251 e. The van der Waals surface area contributed by atoms with Crippen LogP contribution < -0.4 is 10.6 Å². The molecule has 112 valence electrons. The Hall–Kier alpha value is -2.37. The molecule has 0 fully saturated rings. The van der Waals surface area contributed by atoms with Crippen molar-refractivity contribution in [3.8, 4) is 0 Å². The highest BCUT2D eigenvalue weighted by Crippen LogP contribution is 2.12. The lowest BCUT2D eigenvalue weighted by Gasteiger charge is -2.09. The van der Waals surface area contributed by atoms with Gasteiger partial charge in [-0.05, 0) is 25.5 Å². The fraction of sp³-hybridized carbons (Fsp3) is 0.400. The van der Waals surface area contributed by atoms with E-state index < -0.39 is 0 Å². The van der Waals surface area contributed by atoms with Crippen LogP contribution in [0.5, 0.6) is 0 Å². The van der Waals surface area contributed by atoms with Crippen LogP contribution in [0.1, 0.15) is 41.9 Å². The summed E-state index contributed by atoms with van der Waals surface area (Å²) >= 11 is 0. The number of pyridine rings is 1. The van der Waals surface area contributed by atoms with Crippen LogP contribution in [0.4, 0.5) is 5.82 Å². The van der Waals surface area contributed by atoms with Gasteiger partial charge in [0.15, 0.2) is 0 Å². The van der Waals surface area contributed by atoms with Crippen molar-refractivity contribution in [1.29, 1.82) is 0 Å². The summed E-state index contributed by atoms with van der Waals surface area (Å²) in [4.78, 5) is 16.8. The highest BCUT2D eigenvalue weighted by molar-refractivity contribution is 5.94. The molecule has 0 aliphatic carbocycles. The van der Waals surface area contributed by atoms with Crippen LogP contribution in [0, 0.1) is 0 Å². The van der Waals surface area contributed by atoms with E-state index in [-0.39, 0.29) is 5.91 Å². The van der Waals surface area contributed by atoms with Crippen molar-refractivity contribution in [3.05, 3.63) is 41.3 Å². The van der Waals surface area contributed by atoms with Gasteiger partial charge in [0.05, 0.1) is 6.20 Å². The van der Waals surface area contributed by atoms with E-state index >= 15 is 0 Å². The molecule has 2 rings (SSSR count). The van der Waals surface area contributed by atoms with Gasteiger partial charge < -0.3 is 10.6 Å². The Morgan fingerprint density at radius 3 is 2.86 bits per heavy atom. The third-order valence-corrected chi connectivity index (χ3v) is 3.01. The molecule has 0 saturated carbocycles. The number of aryl methyl sites for hydroxylation is 1. The minimum atomic E-state index is -0.102. The number of carbonyl (C=O) groups excluding carboxylic acids is 1. The van der Waals surface area contributed by atoms with E-state index in [0.29, 0.717) is 12.1 Å². The fourth-order valence-corrected chi connectivity index (χ4v) is 2.03. The van der Waals surface area contributed by atoms with Crippen LogP contribution in [0.3, 0.4) is 0 Å². The molecule has 2 heterocycles. The van der Waals surface area contributed by atoms with Gasteiger partial charge in [-0.15, -0.1) is 0 Å². The van der Waals surface area contributed by atoms with Gasteiger partial charge in [0.25, 0.3) is 5.91 Å². The van der Waals surface area contributed by atoms with Crippen LogP contribution in [0.15, 0.2) is 24.5 Å². The van der Waals surface area contributed by atoms with Gasteiger partial charge >= 0.3 is 0 Å². The van der Waals surface area contributed by atoms with E-state index in [2.05, 4.69) is 32.7 Å². The zero-order valence-electron chi connectivity index (χ0n) is 12.4. The van der Waals surface area contributed by atoms with Gasteiger partial charge in [0.2, 0.25) is 0 Å². The van der Waals surface area contributed by atoms with Crippen molar-refractivity contribution in [2.75, 3.05) is 11.9 Å². The predicted octanol–water partition coefficient (Wildman–Crippen LogP) is 2.12. The molecule has 2 aromatic heterocycles. The second-order valence-corrected chi connectivity index (χ2v) is 4.80. The van der Waals surface area contributed by atoms with Gasteiger partial charge in [-0.2, -0.15) is 5.10 Å². The predicted molar refractivity (Wildman–Crippen MR) is 82.2 cm³/mol. The Labute approximate surface area is 124 Å². The molecule has 0 aromatic carbocycles. The van der Waals surface area contributed by atoms with E-state index in [4.69, 9.17) is 0 Å². The molecule has 1 amide bonds. The van der Waals surface area contributed by atoms with Crippen LogP contribution in [0.2, 0.25) is 0 Å². The Morgan fingerprint density at radius 1 is 1.33 bits per heavy atom. The minimum Gasteiger partial charge on any atom is -0.370 e. The SMILES string of the molecule is CCCc1cc(C(=O)NCc2cn[nH]c2)cc(NCC)n1. The molecular formula is C15H21N5O. The first-order valence-electron chi connectivity index (χ1n) is 7.23. The Bertz CT molecular complexity index is 556. The summed E-state index contributed by atoms with van der Waals surface area (Å²) < 4.78 is 0. The Kier molecular flexibility index (Phi) is 5.31. The minimum absolute atomic E-state index is 0.102. The summed E-state index contributed by atoms with van der Waals surface area (Å²) in [5.74, 6) is 0.645. The quantitative estimate of drug-likeness (QED) is 0.728. The van der Waals surface area contributed by atoms with Crippen molar-refractivity contribution in [3.63, 3.8) is 0 Å². The number of hydrogen-bond acceptors (Lipinski definition) is 4. The van der Waals surface area contributed by atoms with Gasteiger partial charge in [-0.25, -0.2) is 4.98 Å². The fourth-order valence-electron chi connectivity index (χ4n) is 2.03. The van der Waals surface area contributed by atoms with E-state index in [9.17, 15) is 4.79 Å². The van der Waals surface area contributed by atoms with Crippen molar-refractivity contribution in [2.24, 2.45) is 0 Å². The molecule has 2 aromatic rings. The molecule has 6 heteroatoms. The standard InChI is InChI=1S/C15H21N5O/c1-3-5-13-6-12(7-14(20-13)16-4-2)15(21)17-8-11-9-18-19-10-11/h6-7,9-10H,3-5,8H2,1-2H3,(H,16,20)(H,17,21)(H,18,19). The monoisotopic (exact) mass is 287 g/mol. The first-order valence-corrected chi connectivity index (χ1v) is 7.23. The normalized spacial score (nSPS) is 10.4. The molecule has 0 aliphatic rings. The number of aromatic amines is 1. The van der Waals surface area contributed by atoms with E-state index in [0.717, 1.165) is 36.5 Å². The molecule has 0 bridgehead atoms. The van der Waals surface area contributed by atoms with Crippen LogP contribution in [-0.4, -0.2) is 27.6 Å². The average Bonchev–Trinajstić information content (AvgIpc) is 2.98. The van der Waals surface area contributed by atoms with E-state index in [1.165, 1.54) is 0 Å². The maximum atomic E-state index is 12.3. The zero-order valence-corrected chi connectivity index (χ0v) is 12.4. The van der Waals surface area contributed by atoms with Crippen molar-refractivity contribution < 1.29 is 4.79 Å². The number of anilines is 1. The third kappa shape index (κ3) is 4.30. The third-order valence-electron chi connectivity index (χ3n) is 3.01. The molecular weight excluding hydrogens is 266 g/mol.